The average molecular weight is 342 g/mol. The van der Waals surface area contributed by atoms with Crippen molar-refractivity contribution >= 4 is 23.5 Å². The van der Waals surface area contributed by atoms with Gasteiger partial charge in [0.1, 0.15) is 0 Å². The standard InChI is InChI=1S/C19H22N2O2S/c1-23-9-10-24-14-15-5-4-8-18(11-15)20-19(22)21-12-16-6-2-3-7-17(16)13-21/h2-8,11H,9-10,12-14H2,1H3,(H,20,22). The molecule has 5 heteroatoms. The third-order valence-electron chi connectivity index (χ3n) is 4.01. The van der Waals surface area contributed by atoms with Crippen LogP contribution in [0.5, 0.6) is 0 Å². The Morgan fingerprint density at radius 3 is 2.62 bits per heavy atom. The maximum absolute atomic E-state index is 12.5. The molecule has 1 aliphatic heterocycles. The van der Waals surface area contributed by atoms with Crippen LogP contribution in [0.1, 0.15) is 16.7 Å². The predicted molar refractivity (Wildman–Crippen MR) is 99.2 cm³/mol. The van der Waals surface area contributed by atoms with Crippen LogP contribution >= 0.6 is 11.8 Å². The number of rotatable bonds is 6. The fourth-order valence-corrected chi connectivity index (χ4v) is 3.59. The molecule has 24 heavy (non-hydrogen) atoms. The van der Waals surface area contributed by atoms with Crippen molar-refractivity contribution in [1.82, 2.24) is 4.90 Å². The quantitative estimate of drug-likeness (QED) is 0.803. The maximum atomic E-state index is 12.5. The van der Waals surface area contributed by atoms with E-state index in [4.69, 9.17) is 4.74 Å². The molecule has 4 nitrogen and oxygen atoms in total. The van der Waals surface area contributed by atoms with Crippen molar-refractivity contribution in [2.45, 2.75) is 18.8 Å². The summed E-state index contributed by atoms with van der Waals surface area (Å²) in [6, 6.07) is 16.2. The second-order valence-corrected chi connectivity index (χ2v) is 6.91. The molecule has 126 valence electrons. The van der Waals surface area contributed by atoms with Crippen molar-refractivity contribution in [2.24, 2.45) is 0 Å². The van der Waals surface area contributed by atoms with E-state index in [2.05, 4.69) is 23.5 Å². The average Bonchev–Trinajstić information content (AvgIpc) is 3.03. The smallest absolute Gasteiger partial charge is 0.322 e. The number of fused-ring (bicyclic) bond motifs is 1. The zero-order valence-corrected chi connectivity index (χ0v) is 14.6. The Bertz CT molecular complexity index is 680. The van der Waals surface area contributed by atoms with Crippen LogP contribution in [0.2, 0.25) is 0 Å². The van der Waals surface area contributed by atoms with Crippen LogP contribution in [0.4, 0.5) is 10.5 Å². The molecule has 3 rings (SSSR count). The Balaban J connectivity index is 1.55. The molecule has 0 bridgehead atoms. The van der Waals surface area contributed by atoms with Gasteiger partial charge in [0.2, 0.25) is 0 Å². The highest BCUT2D eigenvalue weighted by atomic mass is 32.2. The first-order valence-electron chi connectivity index (χ1n) is 8.04. The largest absolute Gasteiger partial charge is 0.384 e. The van der Waals surface area contributed by atoms with Crippen LogP contribution < -0.4 is 5.32 Å². The van der Waals surface area contributed by atoms with Crippen molar-refractivity contribution in [1.29, 1.82) is 0 Å². The summed E-state index contributed by atoms with van der Waals surface area (Å²) in [6.07, 6.45) is 0. The Morgan fingerprint density at radius 2 is 1.92 bits per heavy atom. The molecule has 0 saturated carbocycles. The molecule has 0 spiro atoms. The minimum Gasteiger partial charge on any atom is -0.384 e. The Labute approximate surface area is 147 Å². The second-order valence-electron chi connectivity index (χ2n) is 5.80. The van der Waals surface area contributed by atoms with E-state index in [1.807, 2.05) is 47.0 Å². The maximum Gasteiger partial charge on any atom is 0.322 e. The van der Waals surface area contributed by atoms with E-state index >= 15 is 0 Å². The lowest BCUT2D eigenvalue weighted by Gasteiger charge is -2.17. The van der Waals surface area contributed by atoms with Gasteiger partial charge in [-0.2, -0.15) is 11.8 Å². The van der Waals surface area contributed by atoms with Crippen molar-refractivity contribution in [2.75, 3.05) is 24.8 Å². The summed E-state index contributed by atoms with van der Waals surface area (Å²) in [4.78, 5) is 14.3. The van der Waals surface area contributed by atoms with Crippen molar-refractivity contribution < 1.29 is 9.53 Å². The monoisotopic (exact) mass is 342 g/mol. The molecular formula is C19H22N2O2S. The van der Waals surface area contributed by atoms with Gasteiger partial charge in [-0.1, -0.05) is 36.4 Å². The van der Waals surface area contributed by atoms with Gasteiger partial charge in [0.15, 0.2) is 0 Å². The van der Waals surface area contributed by atoms with E-state index in [9.17, 15) is 4.79 Å². The molecular weight excluding hydrogens is 320 g/mol. The molecule has 0 saturated heterocycles. The molecule has 0 atom stereocenters. The number of hydrogen-bond acceptors (Lipinski definition) is 3. The lowest BCUT2D eigenvalue weighted by atomic mass is 10.1. The first-order valence-corrected chi connectivity index (χ1v) is 9.20. The van der Waals surface area contributed by atoms with Gasteiger partial charge >= 0.3 is 6.03 Å². The first kappa shape index (κ1) is 16.9. The number of hydrogen-bond donors (Lipinski definition) is 1. The first-order chi connectivity index (χ1) is 11.8. The molecule has 1 N–H and O–H groups in total. The predicted octanol–water partition coefficient (Wildman–Crippen LogP) is 4.11. The van der Waals surface area contributed by atoms with Gasteiger partial charge in [-0.05, 0) is 28.8 Å². The molecule has 1 heterocycles. The number of benzene rings is 2. The highest BCUT2D eigenvalue weighted by molar-refractivity contribution is 7.98. The summed E-state index contributed by atoms with van der Waals surface area (Å²) in [6.45, 7) is 2.11. The molecule has 0 radical (unpaired) electrons. The number of nitrogens with zero attached hydrogens (tertiary/aromatic N) is 1. The highest BCUT2D eigenvalue weighted by Gasteiger charge is 2.22. The Morgan fingerprint density at radius 1 is 1.17 bits per heavy atom. The molecule has 0 unspecified atom stereocenters. The number of thioether (sulfide) groups is 1. The summed E-state index contributed by atoms with van der Waals surface area (Å²) >= 11 is 1.83. The lowest BCUT2D eigenvalue weighted by Crippen LogP contribution is -2.30. The van der Waals surface area contributed by atoms with E-state index in [1.54, 1.807) is 7.11 Å². The molecule has 0 aliphatic carbocycles. The van der Waals surface area contributed by atoms with E-state index in [-0.39, 0.29) is 6.03 Å². The summed E-state index contributed by atoms with van der Waals surface area (Å²) in [5, 5.41) is 3.01. The highest BCUT2D eigenvalue weighted by Crippen LogP contribution is 2.23. The van der Waals surface area contributed by atoms with Crippen LogP contribution in [0.25, 0.3) is 0 Å². The van der Waals surface area contributed by atoms with Gasteiger partial charge in [0, 0.05) is 37.4 Å². The topological polar surface area (TPSA) is 41.6 Å². The van der Waals surface area contributed by atoms with Gasteiger partial charge < -0.3 is 15.0 Å². The number of amides is 2. The molecule has 0 aromatic heterocycles. The molecule has 0 fully saturated rings. The summed E-state index contributed by atoms with van der Waals surface area (Å²) < 4.78 is 5.06. The van der Waals surface area contributed by atoms with Crippen LogP contribution in [0.15, 0.2) is 48.5 Å². The zero-order chi connectivity index (χ0) is 16.8. The molecule has 2 aromatic carbocycles. The van der Waals surface area contributed by atoms with Gasteiger partial charge in [0.25, 0.3) is 0 Å². The SMILES string of the molecule is COCCSCc1cccc(NC(=O)N2Cc3ccccc3C2)c1. The number of urea groups is 1. The van der Waals surface area contributed by atoms with Crippen LogP contribution in [-0.2, 0) is 23.6 Å². The van der Waals surface area contributed by atoms with E-state index in [1.165, 1.54) is 16.7 Å². The van der Waals surface area contributed by atoms with Gasteiger partial charge in [0.05, 0.1) is 6.61 Å². The number of ether oxygens (including phenoxy) is 1. The van der Waals surface area contributed by atoms with Gasteiger partial charge in [-0.15, -0.1) is 0 Å². The fraction of sp³-hybridized carbons (Fsp3) is 0.316. The van der Waals surface area contributed by atoms with Gasteiger partial charge in [-0.25, -0.2) is 4.79 Å². The normalized spacial score (nSPS) is 13.0. The van der Waals surface area contributed by atoms with Crippen molar-refractivity contribution in [3.8, 4) is 0 Å². The summed E-state index contributed by atoms with van der Waals surface area (Å²) in [7, 11) is 1.72. The zero-order valence-electron chi connectivity index (χ0n) is 13.8. The molecule has 2 amide bonds. The van der Waals surface area contributed by atoms with Crippen LogP contribution in [0.3, 0.4) is 0 Å². The fourth-order valence-electron chi connectivity index (χ4n) is 2.75. The number of anilines is 1. The minimum absolute atomic E-state index is 0.0459. The third-order valence-corrected chi connectivity index (χ3v) is 5.00. The summed E-state index contributed by atoms with van der Waals surface area (Å²) in [5.41, 5.74) is 4.52. The number of methoxy groups -OCH3 is 1. The van der Waals surface area contributed by atoms with E-state index in [0.717, 1.165) is 23.8 Å². The van der Waals surface area contributed by atoms with Crippen molar-refractivity contribution in [3.63, 3.8) is 0 Å². The Kier molecular flexibility index (Phi) is 5.77. The number of carbonyl (C=O) groups is 1. The summed E-state index contributed by atoms with van der Waals surface area (Å²) in [5.74, 6) is 1.89. The van der Waals surface area contributed by atoms with Gasteiger partial charge in [-0.3, -0.25) is 0 Å². The third kappa shape index (κ3) is 4.30. The van der Waals surface area contributed by atoms with Crippen LogP contribution in [0, 0.1) is 0 Å². The lowest BCUT2D eigenvalue weighted by molar-refractivity contribution is 0.212. The number of nitrogens with one attached hydrogen (secondary N) is 1. The molecule has 1 aliphatic rings. The van der Waals surface area contributed by atoms with Crippen LogP contribution in [-0.4, -0.2) is 30.4 Å². The number of carbonyl (C=O) groups excluding carboxylic acids is 1. The van der Waals surface area contributed by atoms with E-state index < -0.39 is 0 Å². The molecule has 2 aromatic rings. The van der Waals surface area contributed by atoms with Crippen molar-refractivity contribution in [3.05, 3.63) is 65.2 Å². The van der Waals surface area contributed by atoms with E-state index in [0.29, 0.717) is 13.1 Å². The minimum atomic E-state index is -0.0459. The Hall–Kier alpha value is -1.98. The second kappa shape index (κ2) is 8.22.